The first kappa shape index (κ1) is 21.0. The van der Waals surface area contributed by atoms with Crippen LogP contribution < -0.4 is 5.32 Å². The van der Waals surface area contributed by atoms with Gasteiger partial charge in [-0.3, -0.25) is 4.79 Å². The van der Waals surface area contributed by atoms with E-state index >= 15 is 0 Å². The molecular weight excluding hydrogens is 438 g/mol. The highest BCUT2D eigenvalue weighted by atomic mass is 79.9. The average Bonchev–Trinajstić information content (AvgIpc) is 3.00. The Balaban J connectivity index is 1.73. The molecule has 1 aromatic heterocycles. The molecule has 0 aliphatic heterocycles. The van der Waals surface area contributed by atoms with E-state index in [2.05, 4.69) is 26.2 Å². The number of benzene rings is 1. The van der Waals surface area contributed by atoms with Gasteiger partial charge in [-0.15, -0.1) is 11.3 Å². The lowest BCUT2D eigenvalue weighted by molar-refractivity contribution is -0.121. The van der Waals surface area contributed by atoms with Gasteiger partial charge in [-0.25, -0.2) is 13.4 Å². The van der Waals surface area contributed by atoms with Gasteiger partial charge in [0.15, 0.2) is 0 Å². The molecule has 6 nitrogen and oxygen atoms in total. The van der Waals surface area contributed by atoms with Gasteiger partial charge < -0.3 is 5.32 Å². The molecule has 26 heavy (non-hydrogen) atoms. The number of rotatable bonds is 9. The molecule has 2 rings (SSSR count). The van der Waals surface area contributed by atoms with E-state index in [1.807, 2.05) is 12.3 Å². The minimum atomic E-state index is -3.68. The van der Waals surface area contributed by atoms with E-state index in [1.54, 1.807) is 23.5 Å². The summed E-state index contributed by atoms with van der Waals surface area (Å²) in [4.78, 5) is 16.5. The molecule has 142 valence electrons. The number of carbonyl (C=O) groups excluding carboxylic acids is 1. The van der Waals surface area contributed by atoms with Crippen molar-refractivity contribution in [3.63, 3.8) is 0 Å². The van der Waals surface area contributed by atoms with E-state index in [0.29, 0.717) is 6.54 Å². The molecule has 0 radical (unpaired) electrons. The number of hydrogen-bond acceptors (Lipinski definition) is 5. The Morgan fingerprint density at radius 1 is 1.27 bits per heavy atom. The van der Waals surface area contributed by atoms with Gasteiger partial charge in [-0.2, -0.15) is 4.31 Å². The minimum Gasteiger partial charge on any atom is -0.355 e. The molecule has 0 saturated carbocycles. The van der Waals surface area contributed by atoms with Crippen LogP contribution in [-0.2, 0) is 21.2 Å². The topological polar surface area (TPSA) is 79.4 Å². The summed E-state index contributed by atoms with van der Waals surface area (Å²) in [6.45, 7) is 2.29. The number of aromatic nitrogens is 1. The van der Waals surface area contributed by atoms with E-state index < -0.39 is 10.0 Å². The van der Waals surface area contributed by atoms with Crippen LogP contribution in [0.1, 0.15) is 23.5 Å². The molecule has 0 saturated heterocycles. The summed E-state index contributed by atoms with van der Waals surface area (Å²) in [6.07, 6.45) is 2.65. The third kappa shape index (κ3) is 6.15. The second-order valence-electron chi connectivity index (χ2n) is 5.90. The fourth-order valence-electron chi connectivity index (χ4n) is 2.28. The van der Waals surface area contributed by atoms with E-state index in [1.165, 1.54) is 19.2 Å². The van der Waals surface area contributed by atoms with Crippen LogP contribution in [0.4, 0.5) is 0 Å². The number of thiazole rings is 1. The van der Waals surface area contributed by atoms with Crippen LogP contribution in [0, 0.1) is 6.92 Å². The molecule has 2 aromatic rings. The molecule has 0 atom stereocenters. The highest BCUT2D eigenvalue weighted by Crippen LogP contribution is 2.17. The number of amides is 1. The average molecular weight is 460 g/mol. The van der Waals surface area contributed by atoms with Crippen LogP contribution in [0.2, 0.25) is 0 Å². The highest BCUT2D eigenvalue weighted by Gasteiger charge is 2.22. The van der Waals surface area contributed by atoms with E-state index in [4.69, 9.17) is 0 Å². The summed E-state index contributed by atoms with van der Waals surface area (Å²) in [7, 11) is -2.27. The molecule has 0 bridgehead atoms. The normalized spacial score (nSPS) is 11.7. The number of hydrogen-bond donors (Lipinski definition) is 1. The van der Waals surface area contributed by atoms with Crippen molar-refractivity contribution in [2.45, 2.75) is 31.1 Å². The fourth-order valence-corrected chi connectivity index (χ4v) is 4.49. The Hall–Kier alpha value is -1.29. The van der Waals surface area contributed by atoms with Gasteiger partial charge in [-0.05, 0) is 50.5 Å². The second-order valence-corrected chi connectivity index (χ2v) is 9.81. The van der Waals surface area contributed by atoms with Crippen molar-refractivity contribution in [1.82, 2.24) is 14.6 Å². The van der Waals surface area contributed by atoms with Crippen LogP contribution in [0.15, 0.2) is 39.0 Å². The fraction of sp³-hybridized carbons (Fsp3) is 0.412. The van der Waals surface area contributed by atoms with Gasteiger partial charge in [0.05, 0.1) is 16.4 Å². The number of nitrogens with one attached hydrogen (secondary N) is 1. The zero-order valence-electron chi connectivity index (χ0n) is 14.7. The number of halogens is 1. The Morgan fingerprint density at radius 2 is 1.96 bits per heavy atom. The quantitative estimate of drug-likeness (QED) is 0.584. The molecule has 0 spiro atoms. The number of sulfonamides is 1. The maximum atomic E-state index is 12.4. The van der Waals surface area contributed by atoms with E-state index in [-0.39, 0.29) is 17.3 Å². The van der Waals surface area contributed by atoms with Crippen LogP contribution in [0.25, 0.3) is 0 Å². The predicted molar refractivity (Wildman–Crippen MR) is 107 cm³/mol. The molecule has 0 unspecified atom stereocenters. The Bertz CT molecular complexity index is 835. The SMILES string of the molecule is Cc1csc(CCCCNC(=O)CN(C)S(=O)(=O)c2ccc(Br)cc2)n1. The lowest BCUT2D eigenvalue weighted by atomic mass is 10.2. The summed E-state index contributed by atoms with van der Waals surface area (Å²) in [5, 5.41) is 5.90. The predicted octanol–water partition coefficient (Wildman–Crippen LogP) is 2.97. The maximum Gasteiger partial charge on any atom is 0.243 e. The summed E-state index contributed by atoms with van der Waals surface area (Å²) < 4.78 is 26.7. The molecule has 1 heterocycles. The van der Waals surface area contributed by atoms with Crippen LogP contribution in [0.5, 0.6) is 0 Å². The molecule has 0 fully saturated rings. The van der Waals surface area contributed by atoms with Crippen molar-refractivity contribution in [2.24, 2.45) is 0 Å². The second kappa shape index (κ2) is 9.59. The van der Waals surface area contributed by atoms with Gasteiger partial charge in [0, 0.05) is 29.1 Å². The van der Waals surface area contributed by atoms with Crippen molar-refractivity contribution in [3.8, 4) is 0 Å². The first-order valence-electron chi connectivity index (χ1n) is 8.18. The van der Waals surface area contributed by atoms with Gasteiger partial charge in [0.2, 0.25) is 15.9 Å². The summed E-state index contributed by atoms with van der Waals surface area (Å²) in [5.41, 5.74) is 1.04. The maximum absolute atomic E-state index is 12.4. The van der Waals surface area contributed by atoms with Gasteiger partial charge >= 0.3 is 0 Å². The summed E-state index contributed by atoms with van der Waals surface area (Å²) in [5.74, 6) is -0.307. The largest absolute Gasteiger partial charge is 0.355 e. The van der Waals surface area contributed by atoms with Crippen molar-refractivity contribution in [3.05, 3.63) is 44.8 Å². The van der Waals surface area contributed by atoms with Crippen LogP contribution in [-0.4, -0.2) is 43.8 Å². The lowest BCUT2D eigenvalue weighted by Gasteiger charge is -2.17. The molecular formula is C17H22BrN3O3S2. The van der Waals surface area contributed by atoms with Crippen molar-refractivity contribution in [1.29, 1.82) is 0 Å². The lowest BCUT2D eigenvalue weighted by Crippen LogP contribution is -2.38. The zero-order chi connectivity index (χ0) is 19.2. The highest BCUT2D eigenvalue weighted by molar-refractivity contribution is 9.10. The molecule has 0 aliphatic rings. The third-order valence-corrected chi connectivity index (χ3v) is 7.07. The number of unbranched alkanes of at least 4 members (excludes halogenated alkanes) is 1. The Morgan fingerprint density at radius 3 is 2.58 bits per heavy atom. The molecule has 1 N–H and O–H groups in total. The molecule has 0 aliphatic carbocycles. The number of carbonyl (C=O) groups is 1. The summed E-state index contributed by atoms with van der Waals surface area (Å²) >= 11 is 4.92. The molecule has 1 aromatic carbocycles. The Kier molecular flexibility index (Phi) is 7.75. The van der Waals surface area contributed by atoms with Crippen molar-refractivity contribution >= 4 is 43.2 Å². The third-order valence-electron chi connectivity index (χ3n) is 3.69. The zero-order valence-corrected chi connectivity index (χ0v) is 18.0. The smallest absolute Gasteiger partial charge is 0.243 e. The number of nitrogens with zero attached hydrogens (tertiary/aromatic N) is 2. The molecule has 1 amide bonds. The van der Waals surface area contributed by atoms with E-state index in [9.17, 15) is 13.2 Å². The van der Waals surface area contributed by atoms with E-state index in [0.717, 1.165) is 38.7 Å². The number of aryl methyl sites for hydroxylation is 2. The van der Waals surface area contributed by atoms with Crippen molar-refractivity contribution in [2.75, 3.05) is 20.1 Å². The summed E-state index contributed by atoms with van der Waals surface area (Å²) in [6, 6.07) is 6.33. The van der Waals surface area contributed by atoms with Crippen LogP contribution in [0.3, 0.4) is 0 Å². The van der Waals surface area contributed by atoms with Gasteiger partial charge in [0.1, 0.15) is 0 Å². The first-order chi connectivity index (χ1) is 12.3. The first-order valence-corrected chi connectivity index (χ1v) is 11.3. The molecule has 9 heteroatoms. The minimum absolute atomic E-state index is 0.162. The standard InChI is InChI=1S/C17H22BrN3O3S2/c1-13-12-25-17(20-13)5-3-4-10-19-16(22)11-21(2)26(23,24)15-8-6-14(18)7-9-15/h6-9,12H,3-5,10-11H2,1-2H3,(H,19,22). The van der Waals surface area contributed by atoms with Crippen molar-refractivity contribution < 1.29 is 13.2 Å². The van der Waals surface area contributed by atoms with Crippen LogP contribution >= 0.6 is 27.3 Å². The van der Waals surface area contributed by atoms with Gasteiger partial charge in [0.25, 0.3) is 0 Å². The Labute approximate surface area is 166 Å². The number of likely N-dealkylation sites (N-methyl/N-ethyl adjacent to an activating group) is 1. The monoisotopic (exact) mass is 459 g/mol. The van der Waals surface area contributed by atoms with Gasteiger partial charge in [-0.1, -0.05) is 15.9 Å².